The molecular weight excluding hydrogens is 403 g/mol. The highest BCUT2D eigenvalue weighted by atomic mass is 32.1. The van der Waals surface area contributed by atoms with Gasteiger partial charge in [-0.1, -0.05) is 41.7 Å². The molecule has 5 aromatic rings. The van der Waals surface area contributed by atoms with E-state index >= 15 is 0 Å². The molecule has 0 atom stereocenters. The second kappa shape index (κ2) is 7.03. The smallest absolute Gasteiger partial charge is 0.349 e. The summed E-state index contributed by atoms with van der Waals surface area (Å²) in [5, 5.41) is 2.53. The lowest BCUT2D eigenvalue weighted by atomic mass is 10.0. The summed E-state index contributed by atoms with van der Waals surface area (Å²) in [7, 11) is 0. The van der Waals surface area contributed by atoms with Crippen molar-refractivity contribution in [3.8, 4) is 0 Å². The van der Waals surface area contributed by atoms with Crippen LogP contribution in [0.4, 0.5) is 4.39 Å². The van der Waals surface area contributed by atoms with Crippen molar-refractivity contribution in [2.24, 2.45) is 4.99 Å². The molecule has 7 heteroatoms. The van der Waals surface area contributed by atoms with E-state index in [0.717, 1.165) is 16.3 Å². The number of aryl methyl sites for hydroxylation is 1. The van der Waals surface area contributed by atoms with Gasteiger partial charge in [0.05, 0.1) is 10.2 Å². The molecule has 148 valence electrons. The molecule has 0 aliphatic heterocycles. The topological polar surface area (TPSA) is 64.6 Å². The van der Waals surface area contributed by atoms with E-state index in [9.17, 15) is 14.0 Å². The summed E-state index contributed by atoms with van der Waals surface area (Å²) in [5.74, 6) is -1.04. The van der Waals surface area contributed by atoms with Crippen LogP contribution in [-0.2, 0) is 6.54 Å². The van der Waals surface area contributed by atoms with Gasteiger partial charge in [0.15, 0.2) is 4.80 Å². The molecule has 0 unspecified atom stereocenters. The van der Waals surface area contributed by atoms with E-state index in [1.807, 2.05) is 41.8 Å². The first-order valence-corrected chi connectivity index (χ1v) is 10.2. The lowest BCUT2D eigenvalue weighted by Gasteiger charge is -2.04. The Labute approximate surface area is 173 Å². The van der Waals surface area contributed by atoms with Crippen LogP contribution in [0.2, 0.25) is 0 Å². The lowest BCUT2D eigenvalue weighted by molar-refractivity contribution is 0.0994. The van der Waals surface area contributed by atoms with E-state index in [4.69, 9.17) is 4.42 Å². The fourth-order valence-electron chi connectivity index (χ4n) is 3.61. The van der Waals surface area contributed by atoms with Gasteiger partial charge in [0.1, 0.15) is 17.0 Å². The van der Waals surface area contributed by atoms with E-state index in [1.165, 1.54) is 23.5 Å². The van der Waals surface area contributed by atoms with Crippen LogP contribution in [0.15, 0.2) is 74.9 Å². The molecule has 0 aliphatic rings. The quantitative estimate of drug-likeness (QED) is 0.304. The molecular formula is C23H15FN2O3S. The third-order valence-electron chi connectivity index (χ3n) is 5.03. The van der Waals surface area contributed by atoms with Crippen LogP contribution in [0.1, 0.15) is 17.3 Å². The first-order valence-electron chi connectivity index (χ1n) is 9.38. The minimum absolute atomic E-state index is 0.134. The SMILES string of the molecule is CCn1c(=NC(=O)c2cc3c(ccc4ccccc43)oc2=O)sc2cc(F)ccc21. The van der Waals surface area contributed by atoms with Gasteiger partial charge in [-0.3, -0.25) is 4.79 Å². The predicted molar refractivity (Wildman–Crippen MR) is 115 cm³/mol. The van der Waals surface area contributed by atoms with Gasteiger partial charge in [-0.2, -0.15) is 4.99 Å². The molecule has 0 saturated heterocycles. The van der Waals surface area contributed by atoms with E-state index in [-0.39, 0.29) is 11.4 Å². The Morgan fingerprint density at radius 3 is 2.77 bits per heavy atom. The van der Waals surface area contributed by atoms with E-state index in [0.29, 0.717) is 27.0 Å². The lowest BCUT2D eigenvalue weighted by Crippen LogP contribution is -2.19. The van der Waals surface area contributed by atoms with E-state index < -0.39 is 11.5 Å². The number of halogens is 1. The minimum atomic E-state index is -0.735. The average Bonchev–Trinajstić information content (AvgIpc) is 3.08. The minimum Gasteiger partial charge on any atom is -0.422 e. The average molecular weight is 418 g/mol. The number of carbonyl (C=O) groups excluding carboxylic acids is 1. The molecule has 0 spiro atoms. The molecule has 0 N–H and O–H groups in total. The monoisotopic (exact) mass is 418 g/mol. The fourth-order valence-corrected chi connectivity index (χ4v) is 4.72. The number of aromatic nitrogens is 1. The summed E-state index contributed by atoms with van der Waals surface area (Å²) >= 11 is 1.20. The predicted octanol–water partition coefficient (Wildman–Crippen LogP) is 4.86. The van der Waals surface area contributed by atoms with Crippen LogP contribution in [0, 0.1) is 5.82 Å². The number of amides is 1. The number of hydrogen-bond donors (Lipinski definition) is 0. The van der Waals surface area contributed by atoms with Crippen molar-refractivity contribution in [2.45, 2.75) is 13.5 Å². The summed E-state index contributed by atoms with van der Waals surface area (Å²) in [5.41, 5.74) is 0.329. The summed E-state index contributed by atoms with van der Waals surface area (Å²) in [6.45, 7) is 2.46. The Balaban J connectivity index is 1.72. The molecule has 0 saturated carbocycles. The summed E-state index contributed by atoms with van der Waals surface area (Å²) in [4.78, 5) is 30.0. The fraction of sp³-hybridized carbons (Fsp3) is 0.0870. The molecule has 5 rings (SSSR count). The second-order valence-corrected chi connectivity index (χ2v) is 7.81. The maximum atomic E-state index is 13.6. The number of fused-ring (bicyclic) bond motifs is 4. The van der Waals surface area contributed by atoms with Crippen molar-refractivity contribution < 1.29 is 13.6 Å². The van der Waals surface area contributed by atoms with Crippen LogP contribution in [0.5, 0.6) is 0 Å². The van der Waals surface area contributed by atoms with Gasteiger partial charge >= 0.3 is 5.63 Å². The van der Waals surface area contributed by atoms with Crippen LogP contribution in [-0.4, -0.2) is 10.5 Å². The molecule has 3 aromatic carbocycles. The molecule has 2 aromatic heterocycles. The third kappa shape index (κ3) is 2.95. The molecule has 2 heterocycles. The van der Waals surface area contributed by atoms with Crippen molar-refractivity contribution in [3.05, 3.63) is 87.3 Å². The van der Waals surface area contributed by atoms with Crippen LogP contribution >= 0.6 is 11.3 Å². The zero-order chi connectivity index (χ0) is 20.8. The highest BCUT2D eigenvalue weighted by Gasteiger charge is 2.16. The summed E-state index contributed by atoms with van der Waals surface area (Å²) in [6, 6.07) is 17.2. The van der Waals surface area contributed by atoms with Crippen molar-refractivity contribution in [1.29, 1.82) is 0 Å². The number of rotatable bonds is 2. The number of carbonyl (C=O) groups is 1. The van der Waals surface area contributed by atoms with Crippen molar-refractivity contribution in [2.75, 3.05) is 0 Å². The van der Waals surface area contributed by atoms with Gasteiger partial charge in [0, 0.05) is 11.9 Å². The highest BCUT2D eigenvalue weighted by Crippen LogP contribution is 2.25. The van der Waals surface area contributed by atoms with Crippen LogP contribution < -0.4 is 10.4 Å². The standard InChI is InChI=1S/C23H15FN2O3S/c1-2-26-18-9-8-14(24)11-20(18)30-23(26)25-21(27)17-12-16-15-6-4-3-5-13(15)7-10-19(16)29-22(17)28/h3-12H,2H2,1H3. The molecule has 0 radical (unpaired) electrons. The maximum Gasteiger partial charge on any atom is 0.349 e. The second-order valence-electron chi connectivity index (χ2n) is 6.80. The Bertz CT molecular complexity index is 1590. The maximum absolute atomic E-state index is 13.6. The van der Waals surface area contributed by atoms with Crippen molar-refractivity contribution in [3.63, 3.8) is 0 Å². The van der Waals surface area contributed by atoms with Crippen LogP contribution in [0.3, 0.4) is 0 Å². The number of nitrogens with zero attached hydrogens (tertiary/aromatic N) is 2. The number of thiazole rings is 1. The zero-order valence-corrected chi connectivity index (χ0v) is 16.7. The largest absolute Gasteiger partial charge is 0.422 e. The van der Waals surface area contributed by atoms with Crippen molar-refractivity contribution in [1.82, 2.24) is 4.57 Å². The Hall–Kier alpha value is -3.58. The Morgan fingerprint density at radius 1 is 1.10 bits per heavy atom. The van der Waals surface area contributed by atoms with Gasteiger partial charge in [0.2, 0.25) is 0 Å². The zero-order valence-electron chi connectivity index (χ0n) is 15.9. The van der Waals surface area contributed by atoms with Gasteiger partial charge < -0.3 is 8.98 Å². The van der Waals surface area contributed by atoms with Gasteiger partial charge in [-0.25, -0.2) is 9.18 Å². The molecule has 30 heavy (non-hydrogen) atoms. The molecule has 0 bridgehead atoms. The third-order valence-corrected chi connectivity index (χ3v) is 6.07. The Kier molecular flexibility index (Phi) is 4.33. The summed E-state index contributed by atoms with van der Waals surface area (Å²) in [6.07, 6.45) is 0. The Morgan fingerprint density at radius 2 is 1.93 bits per heavy atom. The van der Waals surface area contributed by atoms with E-state index in [1.54, 1.807) is 18.2 Å². The molecule has 1 amide bonds. The normalized spacial score (nSPS) is 12.3. The number of benzene rings is 3. The molecule has 0 fully saturated rings. The van der Waals surface area contributed by atoms with Crippen molar-refractivity contribution >= 4 is 49.2 Å². The van der Waals surface area contributed by atoms with Gasteiger partial charge in [-0.05, 0) is 48.0 Å². The number of hydrogen-bond acceptors (Lipinski definition) is 4. The first-order chi connectivity index (χ1) is 14.5. The first kappa shape index (κ1) is 18.4. The summed E-state index contributed by atoms with van der Waals surface area (Å²) < 4.78 is 21.5. The highest BCUT2D eigenvalue weighted by molar-refractivity contribution is 7.16. The van der Waals surface area contributed by atoms with Gasteiger partial charge in [-0.15, -0.1) is 0 Å². The van der Waals surface area contributed by atoms with Gasteiger partial charge in [0.25, 0.3) is 5.91 Å². The molecule has 0 aliphatic carbocycles. The van der Waals surface area contributed by atoms with Crippen LogP contribution in [0.25, 0.3) is 32.0 Å². The van der Waals surface area contributed by atoms with E-state index in [2.05, 4.69) is 4.99 Å². The molecule has 5 nitrogen and oxygen atoms in total.